The lowest BCUT2D eigenvalue weighted by molar-refractivity contribution is 0.0167. The first kappa shape index (κ1) is 9.71. The third kappa shape index (κ3) is 1.98. The normalized spacial score (nSPS) is 22.6. The number of aromatic nitrogens is 2. The van der Waals surface area contributed by atoms with Crippen LogP contribution in [0.2, 0.25) is 0 Å². The Hall–Kier alpha value is -0.830. The second-order valence-corrected chi connectivity index (χ2v) is 4.07. The average Bonchev–Trinajstić information content (AvgIpc) is 2.52. The summed E-state index contributed by atoms with van der Waals surface area (Å²) in [6, 6.07) is 0. The molecule has 0 bridgehead atoms. The fraction of sp³-hybridized carbons (Fsp3) is 0.727. The molecule has 0 aliphatic carbocycles. The molecule has 1 saturated heterocycles. The van der Waals surface area contributed by atoms with Crippen molar-refractivity contribution in [1.82, 2.24) is 9.78 Å². The summed E-state index contributed by atoms with van der Waals surface area (Å²) < 4.78 is 7.64. The van der Waals surface area contributed by atoms with Crippen LogP contribution in [0.3, 0.4) is 0 Å². The SMILES string of the molecule is Cc1c(CC2CCCCO2)cnn1C. The van der Waals surface area contributed by atoms with Crippen molar-refractivity contribution in [3.63, 3.8) is 0 Å². The largest absolute Gasteiger partial charge is 0.378 e. The Morgan fingerprint density at radius 2 is 2.43 bits per heavy atom. The van der Waals surface area contributed by atoms with E-state index in [4.69, 9.17) is 4.74 Å². The average molecular weight is 194 g/mol. The van der Waals surface area contributed by atoms with Crippen molar-refractivity contribution in [2.24, 2.45) is 7.05 Å². The third-order valence-corrected chi connectivity index (χ3v) is 3.06. The zero-order chi connectivity index (χ0) is 9.97. The molecule has 0 aromatic carbocycles. The molecular weight excluding hydrogens is 176 g/mol. The molecule has 1 aromatic heterocycles. The number of nitrogens with zero attached hydrogens (tertiary/aromatic N) is 2. The number of aryl methyl sites for hydroxylation is 1. The third-order valence-electron chi connectivity index (χ3n) is 3.06. The molecule has 0 spiro atoms. The van der Waals surface area contributed by atoms with Gasteiger partial charge in [0.05, 0.1) is 12.3 Å². The predicted octanol–water partition coefficient (Wildman–Crippen LogP) is 1.84. The summed E-state index contributed by atoms with van der Waals surface area (Å²) in [6.45, 7) is 3.05. The molecule has 1 aliphatic rings. The second kappa shape index (κ2) is 4.13. The summed E-state index contributed by atoms with van der Waals surface area (Å²) in [5, 5.41) is 4.24. The first-order valence-corrected chi connectivity index (χ1v) is 5.36. The van der Waals surface area contributed by atoms with Crippen molar-refractivity contribution in [2.45, 2.75) is 38.7 Å². The van der Waals surface area contributed by atoms with Gasteiger partial charge in [0.15, 0.2) is 0 Å². The minimum absolute atomic E-state index is 0.423. The number of hydrogen-bond acceptors (Lipinski definition) is 2. The highest BCUT2D eigenvalue weighted by molar-refractivity contribution is 5.16. The molecular formula is C11H18N2O. The van der Waals surface area contributed by atoms with Crippen LogP contribution < -0.4 is 0 Å². The number of rotatable bonds is 2. The van der Waals surface area contributed by atoms with Gasteiger partial charge in [0.25, 0.3) is 0 Å². The van der Waals surface area contributed by atoms with Crippen LogP contribution in [0.5, 0.6) is 0 Å². The lowest BCUT2D eigenvalue weighted by Gasteiger charge is -2.22. The molecule has 3 heteroatoms. The minimum Gasteiger partial charge on any atom is -0.378 e. The van der Waals surface area contributed by atoms with Crippen LogP contribution >= 0.6 is 0 Å². The van der Waals surface area contributed by atoms with E-state index >= 15 is 0 Å². The van der Waals surface area contributed by atoms with Crippen molar-refractivity contribution in [2.75, 3.05) is 6.61 Å². The van der Waals surface area contributed by atoms with Gasteiger partial charge in [0.2, 0.25) is 0 Å². The summed E-state index contributed by atoms with van der Waals surface area (Å²) in [5.74, 6) is 0. The fourth-order valence-electron chi connectivity index (χ4n) is 1.96. The zero-order valence-corrected chi connectivity index (χ0v) is 8.99. The van der Waals surface area contributed by atoms with Gasteiger partial charge in [-0.3, -0.25) is 4.68 Å². The molecule has 1 atom stereocenters. The molecule has 2 heterocycles. The Morgan fingerprint density at radius 3 is 3.00 bits per heavy atom. The summed E-state index contributed by atoms with van der Waals surface area (Å²) in [5.41, 5.74) is 2.60. The maximum Gasteiger partial charge on any atom is 0.0616 e. The lowest BCUT2D eigenvalue weighted by Crippen LogP contribution is -2.21. The smallest absolute Gasteiger partial charge is 0.0616 e. The van der Waals surface area contributed by atoms with Gasteiger partial charge in [-0.05, 0) is 31.7 Å². The molecule has 0 saturated carbocycles. The van der Waals surface area contributed by atoms with Gasteiger partial charge < -0.3 is 4.74 Å². The summed E-state index contributed by atoms with van der Waals surface area (Å²) in [7, 11) is 1.99. The van der Waals surface area contributed by atoms with Gasteiger partial charge in [-0.15, -0.1) is 0 Å². The highest BCUT2D eigenvalue weighted by atomic mass is 16.5. The molecule has 2 rings (SSSR count). The van der Waals surface area contributed by atoms with Crippen molar-refractivity contribution in [3.8, 4) is 0 Å². The summed E-state index contributed by atoms with van der Waals surface area (Å²) in [4.78, 5) is 0. The molecule has 0 radical (unpaired) electrons. The van der Waals surface area contributed by atoms with E-state index in [9.17, 15) is 0 Å². The molecule has 3 nitrogen and oxygen atoms in total. The van der Waals surface area contributed by atoms with Crippen molar-refractivity contribution < 1.29 is 4.74 Å². The Morgan fingerprint density at radius 1 is 1.57 bits per heavy atom. The van der Waals surface area contributed by atoms with E-state index in [1.54, 1.807) is 0 Å². The van der Waals surface area contributed by atoms with Crippen LogP contribution in [0.1, 0.15) is 30.5 Å². The van der Waals surface area contributed by atoms with Gasteiger partial charge >= 0.3 is 0 Å². The van der Waals surface area contributed by atoms with Gasteiger partial charge in [-0.2, -0.15) is 5.10 Å². The van der Waals surface area contributed by atoms with E-state index < -0.39 is 0 Å². The van der Waals surface area contributed by atoms with Crippen LogP contribution in [0.25, 0.3) is 0 Å². The van der Waals surface area contributed by atoms with E-state index in [0.717, 1.165) is 13.0 Å². The van der Waals surface area contributed by atoms with E-state index in [1.165, 1.54) is 30.5 Å². The van der Waals surface area contributed by atoms with Crippen LogP contribution in [-0.2, 0) is 18.2 Å². The Balaban J connectivity index is 1.99. The van der Waals surface area contributed by atoms with Crippen LogP contribution in [0.15, 0.2) is 6.20 Å². The highest BCUT2D eigenvalue weighted by Gasteiger charge is 2.16. The molecule has 1 aliphatic heterocycles. The first-order chi connectivity index (χ1) is 6.77. The van der Waals surface area contributed by atoms with Crippen LogP contribution in [0, 0.1) is 6.92 Å². The molecule has 78 valence electrons. The van der Waals surface area contributed by atoms with E-state index in [0.29, 0.717) is 6.10 Å². The van der Waals surface area contributed by atoms with Crippen LogP contribution in [-0.4, -0.2) is 22.5 Å². The molecule has 1 unspecified atom stereocenters. The highest BCUT2D eigenvalue weighted by Crippen LogP contribution is 2.18. The van der Waals surface area contributed by atoms with Crippen LogP contribution in [0.4, 0.5) is 0 Å². The molecule has 0 amide bonds. The van der Waals surface area contributed by atoms with Gasteiger partial charge in [-0.25, -0.2) is 0 Å². The zero-order valence-electron chi connectivity index (χ0n) is 8.99. The molecule has 0 N–H and O–H groups in total. The number of hydrogen-bond donors (Lipinski definition) is 0. The van der Waals surface area contributed by atoms with E-state index in [2.05, 4.69) is 12.0 Å². The van der Waals surface area contributed by atoms with E-state index in [-0.39, 0.29) is 0 Å². The fourth-order valence-corrected chi connectivity index (χ4v) is 1.96. The summed E-state index contributed by atoms with van der Waals surface area (Å²) in [6.07, 6.45) is 7.15. The van der Waals surface area contributed by atoms with Gasteiger partial charge in [0, 0.05) is 25.8 Å². The second-order valence-electron chi connectivity index (χ2n) is 4.07. The van der Waals surface area contributed by atoms with Crippen molar-refractivity contribution >= 4 is 0 Å². The molecule has 1 fully saturated rings. The van der Waals surface area contributed by atoms with Crippen molar-refractivity contribution in [3.05, 3.63) is 17.5 Å². The Bertz CT molecular complexity index is 300. The minimum atomic E-state index is 0.423. The van der Waals surface area contributed by atoms with Gasteiger partial charge in [0.1, 0.15) is 0 Å². The molecule has 14 heavy (non-hydrogen) atoms. The maximum atomic E-state index is 5.71. The van der Waals surface area contributed by atoms with Crippen molar-refractivity contribution in [1.29, 1.82) is 0 Å². The summed E-state index contributed by atoms with van der Waals surface area (Å²) >= 11 is 0. The quantitative estimate of drug-likeness (QED) is 0.718. The standard InChI is InChI=1S/C11H18N2O/c1-9-10(8-12-13(9)2)7-11-5-3-4-6-14-11/h8,11H,3-7H2,1-2H3. The topological polar surface area (TPSA) is 27.1 Å². The lowest BCUT2D eigenvalue weighted by atomic mass is 10.0. The van der Waals surface area contributed by atoms with Gasteiger partial charge in [-0.1, -0.05) is 0 Å². The Labute approximate surface area is 85.1 Å². The monoisotopic (exact) mass is 194 g/mol. The predicted molar refractivity (Wildman–Crippen MR) is 55.2 cm³/mol. The first-order valence-electron chi connectivity index (χ1n) is 5.36. The molecule has 1 aromatic rings. The van der Waals surface area contributed by atoms with E-state index in [1.807, 2.05) is 17.9 Å². The number of ether oxygens (including phenoxy) is 1. The maximum absolute atomic E-state index is 5.71. The Kier molecular flexibility index (Phi) is 2.87.